The summed E-state index contributed by atoms with van der Waals surface area (Å²) in [6, 6.07) is 12.5. The minimum atomic E-state index is -0.108. The molecule has 0 saturated heterocycles. The van der Waals surface area contributed by atoms with Crippen LogP contribution in [-0.4, -0.2) is 36.4 Å². The summed E-state index contributed by atoms with van der Waals surface area (Å²) < 4.78 is 5.71. The van der Waals surface area contributed by atoms with Gasteiger partial charge in [-0.3, -0.25) is 9.59 Å². The van der Waals surface area contributed by atoms with E-state index >= 15 is 0 Å². The highest BCUT2D eigenvalue weighted by atomic mass is 35.5. The lowest BCUT2D eigenvalue weighted by Crippen LogP contribution is -2.30. The van der Waals surface area contributed by atoms with Crippen LogP contribution >= 0.6 is 11.6 Å². The van der Waals surface area contributed by atoms with E-state index in [0.29, 0.717) is 48.8 Å². The van der Waals surface area contributed by atoms with Gasteiger partial charge in [0.2, 0.25) is 5.91 Å². The minimum Gasteiger partial charge on any atom is -0.493 e. The molecule has 0 aliphatic carbocycles. The molecule has 1 N–H and O–H groups in total. The standard InChI is InChI=1S/C22H27ClN2O3/c1-4-25(5-2)22(27)17-8-6-9-19(15-17)24-21(26)10-7-13-28-20-12-11-18(23)14-16(20)3/h6,8-9,11-12,14-15H,4-5,7,10,13H2,1-3H3,(H,24,26). The maximum atomic E-state index is 12.4. The number of nitrogens with zero attached hydrogens (tertiary/aromatic N) is 1. The smallest absolute Gasteiger partial charge is 0.253 e. The van der Waals surface area contributed by atoms with E-state index in [1.54, 1.807) is 35.2 Å². The Morgan fingerprint density at radius 1 is 1.11 bits per heavy atom. The quantitative estimate of drug-likeness (QED) is 0.605. The fourth-order valence-electron chi connectivity index (χ4n) is 2.84. The number of hydrogen-bond acceptors (Lipinski definition) is 3. The van der Waals surface area contributed by atoms with Crippen molar-refractivity contribution in [3.05, 3.63) is 58.6 Å². The van der Waals surface area contributed by atoms with E-state index in [9.17, 15) is 9.59 Å². The van der Waals surface area contributed by atoms with Gasteiger partial charge in [0.05, 0.1) is 6.61 Å². The first-order valence-corrected chi connectivity index (χ1v) is 9.90. The summed E-state index contributed by atoms with van der Waals surface area (Å²) in [7, 11) is 0. The van der Waals surface area contributed by atoms with Crippen molar-refractivity contribution in [1.29, 1.82) is 0 Å². The molecule has 2 rings (SSSR count). The second kappa shape index (κ2) is 10.7. The van der Waals surface area contributed by atoms with Crippen molar-refractivity contribution in [3.8, 4) is 5.75 Å². The number of benzene rings is 2. The van der Waals surface area contributed by atoms with Gasteiger partial charge in [-0.05, 0) is 69.2 Å². The van der Waals surface area contributed by atoms with Crippen molar-refractivity contribution in [2.24, 2.45) is 0 Å². The maximum absolute atomic E-state index is 12.4. The number of rotatable bonds is 9. The summed E-state index contributed by atoms with van der Waals surface area (Å²) in [6.07, 6.45) is 0.923. The zero-order chi connectivity index (χ0) is 20.5. The highest BCUT2D eigenvalue weighted by molar-refractivity contribution is 6.30. The molecule has 6 heteroatoms. The van der Waals surface area contributed by atoms with Gasteiger partial charge in [0, 0.05) is 35.8 Å². The molecule has 28 heavy (non-hydrogen) atoms. The van der Waals surface area contributed by atoms with Crippen molar-refractivity contribution in [3.63, 3.8) is 0 Å². The molecule has 0 spiro atoms. The van der Waals surface area contributed by atoms with Gasteiger partial charge >= 0.3 is 0 Å². The molecule has 0 unspecified atom stereocenters. The van der Waals surface area contributed by atoms with Crippen LogP contribution in [0.3, 0.4) is 0 Å². The van der Waals surface area contributed by atoms with Crippen LogP contribution in [0.2, 0.25) is 5.02 Å². The van der Waals surface area contributed by atoms with E-state index < -0.39 is 0 Å². The largest absolute Gasteiger partial charge is 0.493 e. The van der Waals surface area contributed by atoms with Crippen molar-refractivity contribution in [2.75, 3.05) is 25.0 Å². The number of ether oxygens (including phenoxy) is 1. The van der Waals surface area contributed by atoms with Gasteiger partial charge in [-0.25, -0.2) is 0 Å². The lowest BCUT2D eigenvalue weighted by atomic mass is 10.1. The highest BCUT2D eigenvalue weighted by Crippen LogP contribution is 2.22. The molecular weight excluding hydrogens is 376 g/mol. The molecule has 0 aliphatic rings. The molecule has 2 aromatic carbocycles. The zero-order valence-electron chi connectivity index (χ0n) is 16.6. The lowest BCUT2D eigenvalue weighted by molar-refractivity contribution is -0.116. The van der Waals surface area contributed by atoms with Crippen LogP contribution < -0.4 is 10.1 Å². The number of carbonyl (C=O) groups is 2. The molecule has 2 aromatic rings. The predicted molar refractivity (Wildman–Crippen MR) is 113 cm³/mol. The van der Waals surface area contributed by atoms with E-state index in [4.69, 9.17) is 16.3 Å². The maximum Gasteiger partial charge on any atom is 0.253 e. The highest BCUT2D eigenvalue weighted by Gasteiger charge is 2.13. The van der Waals surface area contributed by atoms with E-state index in [-0.39, 0.29) is 11.8 Å². The number of carbonyl (C=O) groups excluding carboxylic acids is 2. The third kappa shape index (κ3) is 6.27. The van der Waals surface area contributed by atoms with Crippen LogP contribution in [-0.2, 0) is 4.79 Å². The third-order valence-corrected chi connectivity index (χ3v) is 4.62. The fourth-order valence-corrected chi connectivity index (χ4v) is 3.06. The molecule has 0 atom stereocenters. The molecule has 0 heterocycles. The van der Waals surface area contributed by atoms with Gasteiger partial charge < -0.3 is 15.0 Å². The minimum absolute atomic E-state index is 0.0344. The average Bonchev–Trinajstić information content (AvgIpc) is 2.67. The van der Waals surface area contributed by atoms with Gasteiger partial charge in [-0.1, -0.05) is 17.7 Å². The monoisotopic (exact) mass is 402 g/mol. The second-order valence-electron chi connectivity index (χ2n) is 6.47. The van der Waals surface area contributed by atoms with Gasteiger partial charge in [-0.15, -0.1) is 0 Å². The third-order valence-electron chi connectivity index (χ3n) is 4.39. The Kier molecular flexibility index (Phi) is 8.33. The number of nitrogens with one attached hydrogen (secondary N) is 1. The van der Waals surface area contributed by atoms with Crippen LogP contribution in [0.15, 0.2) is 42.5 Å². The van der Waals surface area contributed by atoms with Crippen molar-refractivity contribution in [1.82, 2.24) is 4.90 Å². The number of amides is 2. The second-order valence-corrected chi connectivity index (χ2v) is 6.90. The van der Waals surface area contributed by atoms with Crippen LogP contribution in [0, 0.1) is 6.92 Å². The molecule has 0 saturated carbocycles. The Morgan fingerprint density at radius 2 is 1.86 bits per heavy atom. The topological polar surface area (TPSA) is 58.6 Å². The molecule has 5 nitrogen and oxygen atoms in total. The summed E-state index contributed by atoms with van der Waals surface area (Å²) in [5.41, 5.74) is 2.16. The average molecular weight is 403 g/mol. The summed E-state index contributed by atoms with van der Waals surface area (Å²) in [4.78, 5) is 26.4. The lowest BCUT2D eigenvalue weighted by Gasteiger charge is -2.19. The van der Waals surface area contributed by atoms with Crippen LogP contribution in [0.4, 0.5) is 5.69 Å². The van der Waals surface area contributed by atoms with E-state index in [1.165, 1.54) is 0 Å². The zero-order valence-corrected chi connectivity index (χ0v) is 17.4. The Balaban J connectivity index is 1.83. The summed E-state index contributed by atoms with van der Waals surface area (Å²) in [5.74, 6) is 0.629. The summed E-state index contributed by atoms with van der Waals surface area (Å²) >= 11 is 5.93. The normalized spacial score (nSPS) is 10.4. The molecule has 0 aromatic heterocycles. The molecule has 150 valence electrons. The molecule has 0 bridgehead atoms. The predicted octanol–water partition coefficient (Wildman–Crippen LogP) is 4.93. The van der Waals surface area contributed by atoms with E-state index in [0.717, 1.165) is 11.3 Å². The molecule has 2 amide bonds. The summed E-state index contributed by atoms with van der Waals surface area (Å²) in [5, 5.41) is 3.52. The molecule has 0 aliphatic heterocycles. The number of halogens is 1. The Bertz CT molecular complexity index is 819. The van der Waals surface area contributed by atoms with Crippen molar-refractivity contribution in [2.45, 2.75) is 33.6 Å². The molecule has 0 radical (unpaired) electrons. The van der Waals surface area contributed by atoms with E-state index in [2.05, 4.69) is 5.32 Å². The molecular formula is C22H27ClN2O3. The molecule has 0 fully saturated rings. The van der Waals surface area contributed by atoms with Crippen molar-refractivity contribution < 1.29 is 14.3 Å². The van der Waals surface area contributed by atoms with Gasteiger partial charge in [0.25, 0.3) is 5.91 Å². The first kappa shape index (κ1) is 21.8. The van der Waals surface area contributed by atoms with E-state index in [1.807, 2.05) is 32.9 Å². The first-order chi connectivity index (χ1) is 13.4. The van der Waals surface area contributed by atoms with Crippen LogP contribution in [0.25, 0.3) is 0 Å². The van der Waals surface area contributed by atoms with Crippen LogP contribution in [0.5, 0.6) is 5.75 Å². The Hall–Kier alpha value is -2.53. The van der Waals surface area contributed by atoms with Gasteiger partial charge in [0.1, 0.15) is 5.75 Å². The Morgan fingerprint density at radius 3 is 2.54 bits per heavy atom. The fraction of sp³-hybridized carbons (Fsp3) is 0.364. The Labute approximate surface area is 171 Å². The number of anilines is 1. The summed E-state index contributed by atoms with van der Waals surface area (Å²) in [6.45, 7) is 7.57. The number of aryl methyl sites for hydroxylation is 1. The number of hydrogen-bond donors (Lipinski definition) is 1. The van der Waals surface area contributed by atoms with Gasteiger partial charge in [0.15, 0.2) is 0 Å². The first-order valence-electron chi connectivity index (χ1n) is 9.52. The van der Waals surface area contributed by atoms with Gasteiger partial charge in [-0.2, -0.15) is 0 Å². The van der Waals surface area contributed by atoms with Crippen molar-refractivity contribution >= 4 is 29.1 Å². The van der Waals surface area contributed by atoms with Crippen LogP contribution in [0.1, 0.15) is 42.6 Å². The SMILES string of the molecule is CCN(CC)C(=O)c1cccc(NC(=O)CCCOc2ccc(Cl)cc2C)c1.